The quantitative estimate of drug-likeness (QED) is 0.687. The third-order valence-electron chi connectivity index (χ3n) is 2.91. The number of halogens is 2. The average molecular weight is 424 g/mol. The Bertz CT molecular complexity index is 919. The standard InChI is InChI=1S/C14H11Cl2NO6S2/c15-9-4-12(24-13(9)16)25(21,22)6-7-1-2-8(10(18)3-7)14(20)23-5-11(17)19/h1-4,18H,5-6H2,(H2,17,19). The fourth-order valence-electron chi connectivity index (χ4n) is 1.82. The van der Waals surface area contributed by atoms with Crippen molar-refractivity contribution in [3.8, 4) is 5.75 Å². The molecule has 3 N–H and O–H groups in total. The van der Waals surface area contributed by atoms with Gasteiger partial charge in [-0.15, -0.1) is 11.3 Å². The number of hydrogen-bond acceptors (Lipinski definition) is 7. The highest BCUT2D eigenvalue weighted by Gasteiger charge is 2.21. The predicted octanol–water partition coefficient (Wildman–Crippen LogP) is 2.38. The summed E-state index contributed by atoms with van der Waals surface area (Å²) in [5.41, 5.74) is 4.88. The second-order valence-electron chi connectivity index (χ2n) is 4.84. The third kappa shape index (κ3) is 4.85. The first-order valence-corrected chi connectivity index (χ1v) is 9.77. The van der Waals surface area contributed by atoms with E-state index in [1.165, 1.54) is 18.2 Å². The summed E-state index contributed by atoms with van der Waals surface area (Å²) in [7, 11) is -3.73. The van der Waals surface area contributed by atoms with E-state index in [-0.39, 0.29) is 24.7 Å². The minimum Gasteiger partial charge on any atom is -0.507 e. The van der Waals surface area contributed by atoms with Gasteiger partial charge in [-0.25, -0.2) is 13.2 Å². The van der Waals surface area contributed by atoms with Gasteiger partial charge in [0.1, 0.15) is 19.9 Å². The molecule has 7 nitrogen and oxygen atoms in total. The van der Waals surface area contributed by atoms with E-state index in [0.29, 0.717) is 0 Å². The number of thiophene rings is 1. The van der Waals surface area contributed by atoms with Crippen LogP contribution in [0.25, 0.3) is 0 Å². The van der Waals surface area contributed by atoms with E-state index in [9.17, 15) is 23.1 Å². The Hall–Kier alpha value is -1.81. The fourth-order valence-corrected chi connectivity index (χ4v) is 5.12. The minimum absolute atomic E-state index is 0.00747. The van der Waals surface area contributed by atoms with Crippen molar-refractivity contribution in [2.75, 3.05) is 6.61 Å². The summed E-state index contributed by atoms with van der Waals surface area (Å²) in [5.74, 6) is -2.71. The lowest BCUT2D eigenvalue weighted by molar-refractivity contribution is -0.121. The predicted molar refractivity (Wildman–Crippen MR) is 92.8 cm³/mol. The van der Waals surface area contributed by atoms with Crippen LogP contribution in [0.1, 0.15) is 15.9 Å². The SMILES string of the molecule is NC(=O)COC(=O)c1ccc(CS(=O)(=O)c2cc(Cl)c(Cl)s2)cc1O. The van der Waals surface area contributed by atoms with E-state index in [1.54, 1.807) is 0 Å². The van der Waals surface area contributed by atoms with Crippen LogP contribution in [0, 0.1) is 0 Å². The van der Waals surface area contributed by atoms with Crippen molar-refractivity contribution in [2.24, 2.45) is 5.73 Å². The normalized spacial score (nSPS) is 11.3. The highest BCUT2D eigenvalue weighted by molar-refractivity contribution is 7.92. The maximum Gasteiger partial charge on any atom is 0.342 e. The van der Waals surface area contributed by atoms with Crippen molar-refractivity contribution in [1.82, 2.24) is 0 Å². The number of amides is 1. The van der Waals surface area contributed by atoms with Gasteiger partial charge in [-0.05, 0) is 23.8 Å². The number of hydrogen-bond donors (Lipinski definition) is 2. The highest BCUT2D eigenvalue weighted by atomic mass is 35.5. The lowest BCUT2D eigenvalue weighted by Crippen LogP contribution is -2.21. The number of ether oxygens (including phenoxy) is 1. The fraction of sp³-hybridized carbons (Fsp3) is 0.143. The third-order valence-corrected chi connectivity index (χ3v) is 7.03. The van der Waals surface area contributed by atoms with Crippen molar-refractivity contribution in [2.45, 2.75) is 9.96 Å². The van der Waals surface area contributed by atoms with Crippen LogP contribution in [0.5, 0.6) is 5.75 Å². The molecule has 0 aliphatic heterocycles. The second kappa shape index (κ2) is 7.61. The number of esters is 1. The molecule has 25 heavy (non-hydrogen) atoms. The van der Waals surface area contributed by atoms with Gasteiger partial charge in [-0.2, -0.15) is 0 Å². The topological polar surface area (TPSA) is 124 Å². The Morgan fingerprint density at radius 2 is 1.92 bits per heavy atom. The number of carbonyl (C=O) groups excluding carboxylic acids is 2. The maximum absolute atomic E-state index is 12.3. The first-order valence-electron chi connectivity index (χ1n) is 6.55. The summed E-state index contributed by atoms with van der Waals surface area (Å²) in [6.45, 7) is -0.631. The Balaban J connectivity index is 2.20. The maximum atomic E-state index is 12.3. The molecular weight excluding hydrogens is 413 g/mol. The molecular formula is C14H11Cl2NO6S2. The zero-order valence-corrected chi connectivity index (χ0v) is 15.5. The number of sulfone groups is 1. The van der Waals surface area contributed by atoms with Crippen LogP contribution < -0.4 is 5.73 Å². The van der Waals surface area contributed by atoms with Gasteiger partial charge in [-0.1, -0.05) is 29.3 Å². The van der Waals surface area contributed by atoms with Crippen molar-refractivity contribution >= 4 is 56.3 Å². The zero-order valence-electron chi connectivity index (χ0n) is 12.4. The molecule has 1 heterocycles. The molecule has 0 saturated heterocycles. The van der Waals surface area contributed by atoms with Crippen LogP contribution in [-0.4, -0.2) is 32.0 Å². The van der Waals surface area contributed by atoms with Gasteiger partial charge in [-0.3, -0.25) is 4.79 Å². The van der Waals surface area contributed by atoms with Crippen LogP contribution in [-0.2, 0) is 25.1 Å². The van der Waals surface area contributed by atoms with Crippen molar-refractivity contribution in [3.63, 3.8) is 0 Å². The molecule has 0 fully saturated rings. The van der Waals surface area contributed by atoms with Crippen LogP contribution >= 0.6 is 34.5 Å². The number of carbonyl (C=O) groups is 2. The van der Waals surface area contributed by atoms with E-state index in [1.807, 2.05) is 0 Å². The summed E-state index contributed by atoms with van der Waals surface area (Å²) >= 11 is 12.4. The monoisotopic (exact) mass is 423 g/mol. The molecule has 0 saturated carbocycles. The lowest BCUT2D eigenvalue weighted by atomic mass is 10.1. The molecule has 0 bridgehead atoms. The summed E-state index contributed by atoms with van der Waals surface area (Å²) in [6.07, 6.45) is 0. The zero-order chi connectivity index (χ0) is 18.8. The number of phenols is 1. The van der Waals surface area contributed by atoms with Crippen molar-refractivity contribution in [3.05, 3.63) is 44.8 Å². The van der Waals surface area contributed by atoms with E-state index < -0.39 is 39.8 Å². The molecule has 0 aliphatic rings. The van der Waals surface area contributed by atoms with E-state index in [2.05, 4.69) is 4.74 Å². The second-order valence-corrected chi connectivity index (χ2v) is 9.12. The summed E-state index contributed by atoms with van der Waals surface area (Å²) in [4.78, 5) is 22.3. The molecule has 1 amide bonds. The van der Waals surface area contributed by atoms with Gasteiger partial charge >= 0.3 is 5.97 Å². The van der Waals surface area contributed by atoms with Gasteiger partial charge in [0.25, 0.3) is 5.91 Å². The Kier molecular flexibility index (Phi) is 5.94. The van der Waals surface area contributed by atoms with Crippen LogP contribution in [0.2, 0.25) is 9.36 Å². The molecule has 0 aliphatic carbocycles. The van der Waals surface area contributed by atoms with Gasteiger partial charge in [0.05, 0.1) is 10.8 Å². The molecule has 134 valence electrons. The van der Waals surface area contributed by atoms with Gasteiger partial charge < -0.3 is 15.6 Å². The Labute approximate surface area is 156 Å². The van der Waals surface area contributed by atoms with E-state index in [0.717, 1.165) is 17.4 Å². The van der Waals surface area contributed by atoms with Crippen LogP contribution in [0.4, 0.5) is 0 Å². The average Bonchev–Trinajstić information content (AvgIpc) is 2.85. The highest BCUT2D eigenvalue weighted by Crippen LogP contribution is 2.35. The number of rotatable bonds is 6. The molecule has 1 aromatic heterocycles. The van der Waals surface area contributed by atoms with Crippen LogP contribution in [0.15, 0.2) is 28.5 Å². The number of nitrogens with two attached hydrogens (primary N) is 1. The first kappa shape index (κ1) is 19.5. The van der Waals surface area contributed by atoms with Crippen molar-refractivity contribution in [1.29, 1.82) is 0 Å². The number of aromatic hydroxyl groups is 1. The Morgan fingerprint density at radius 1 is 1.24 bits per heavy atom. The van der Waals surface area contributed by atoms with Crippen molar-refractivity contribution < 1.29 is 27.9 Å². The molecule has 0 atom stereocenters. The summed E-state index contributed by atoms with van der Waals surface area (Å²) in [5, 5.41) is 10.0. The van der Waals surface area contributed by atoms with E-state index >= 15 is 0 Å². The summed E-state index contributed by atoms with van der Waals surface area (Å²) in [6, 6.07) is 4.90. The van der Waals surface area contributed by atoms with Crippen LogP contribution in [0.3, 0.4) is 0 Å². The largest absolute Gasteiger partial charge is 0.507 e. The molecule has 11 heteroatoms. The molecule has 0 spiro atoms. The van der Waals surface area contributed by atoms with Gasteiger partial charge in [0.15, 0.2) is 16.4 Å². The summed E-state index contributed by atoms with van der Waals surface area (Å²) < 4.78 is 29.4. The first-order chi connectivity index (χ1) is 11.6. The van der Waals surface area contributed by atoms with Gasteiger partial charge in [0, 0.05) is 0 Å². The number of phenolic OH excluding ortho intramolecular Hbond substituents is 1. The van der Waals surface area contributed by atoms with Gasteiger partial charge in [0.2, 0.25) is 0 Å². The Morgan fingerprint density at radius 3 is 2.44 bits per heavy atom. The lowest BCUT2D eigenvalue weighted by Gasteiger charge is -2.07. The molecule has 1 aromatic carbocycles. The number of primary amides is 1. The minimum atomic E-state index is -3.73. The molecule has 2 aromatic rings. The molecule has 0 unspecified atom stereocenters. The smallest absolute Gasteiger partial charge is 0.342 e. The number of benzene rings is 1. The molecule has 0 radical (unpaired) electrons. The van der Waals surface area contributed by atoms with E-state index in [4.69, 9.17) is 28.9 Å². The molecule has 2 rings (SSSR count).